The van der Waals surface area contributed by atoms with Crippen molar-refractivity contribution in [2.45, 2.75) is 62.8 Å². The number of unbranched alkanes of at least 4 members (excludes halogenated alkanes) is 3. The molecule has 5 N–H and O–H groups in total. The van der Waals surface area contributed by atoms with Gasteiger partial charge in [-0.05, 0) is 74.2 Å². The van der Waals surface area contributed by atoms with Crippen molar-refractivity contribution in [2.24, 2.45) is 5.73 Å². The molecule has 0 aromatic heterocycles. The standard InChI is InChI=1S/C27H39N5O5S/c1-2-3-4-5-18-32(27(34)35)26(33)30-23-10-12-25(13-11-23)38(36,37)31-19-15-24(16-20-31)29-22-8-6-21(7-9-22)14-17-28/h6-13,24,29H,2-5,14-20,28H2,1H3,(H,30,33)(H,34,35). The van der Waals surface area contributed by atoms with Gasteiger partial charge >= 0.3 is 12.1 Å². The van der Waals surface area contributed by atoms with Gasteiger partial charge in [0, 0.05) is 37.1 Å². The summed E-state index contributed by atoms with van der Waals surface area (Å²) in [6, 6.07) is 13.4. The molecule has 3 amide bonds. The molecule has 38 heavy (non-hydrogen) atoms. The van der Waals surface area contributed by atoms with E-state index < -0.39 is 22.1 Å². The lowest BCUT2D eigenvalue weighted by molar-refractivity contribution is 0.152. The fourth-order valence-electron chi connectivity index (χ4n) is 4.44. The van der Waals surface area contributed by atoms with Crippen LogP contribution in [0.25, 0.3) is 0 Å². The lowest BCUT2D eigenvalue weighted by Gasteiger charge is -2.32. The van der Waals surface area contributed by atoms with Crippen LogP contribution in [0.1, 0.15) is 51.0 Å². The molecule has 1 aliphatic heterocycles. The summed E-state index contributed by atoms with van der Waals surface area (Å²) < 4.78 is 27.8. The van der Waals surface area contributed by atoms with Gasteiger partial charge in [-0.2, -0.15) is 4.31 Å². The Morgan fingerprint density at radius 3 is 2.21 bits per heavy atom. The Kier molecular flexibility index (Phi) is 10.9. The number of piperidine rings is 1. The summed E-state index contributed by atoms with van der Waals surface area (Å²) in [6.07, 6.45) is 4.30. The number of carboxylic acid groups (broad SMARTS) is 1. The molecule has 3 rings (SSSR count). The predicted octanol–water partition coefficient (Wildman–Crippen LogP) is 4.55. The van der Waals surface area contributed by atoms with Crippen LogP contribution in [0.4, 0.5) is 21.0 Å². The van der Waals surface area contributed by atoms with E-state index in [-0.39, 0.29) is 17.5 Å². The highest BCUT2D eigenvalue weighted by Gasteiger charge is 2.29. The molecule has 2 aromatic rings. The fraction of sp³-hybridized carbons (Fsp3) is 0.481. The van der Waals surface area contributed by atoms with Gasteiger partial charge in [-0.15, -0.1) is 0 Å². The van der Waals surface area contributed by atoms with E-state index in [1.807, 2.05) is 24.3 Å². The number of urea groups is 1. The van der Waals surface area contributed by atoms with Gasteiger partial charge in [0.1, 0.15) is 0 Å². The maximum absolute atomic E-state index is 13.2. The van der Waals surface area contributed by atoms with Crippen LogP contribution < -0.4 is 16.4 Å². The molecule has 1 heterocycles. The monoisotopic (exact) mass is 545 g/mol. The smallest absolute Gasteiger partial charge is 0.415 e. The number of hydrogen-bond acceptors (Lipinski definition) is 6. The molecule has 11 heteroatoms. The summed E-state index contributed by atoms with van der Waals surface area (Å²) in [5.41, 5.74) is 8.12. The van der Waals surface area contributed by atoms with Crippen molar-refractivity contribution in [1.82, 2.24) is 9.21 Å². The molecule has 1 fully saturated rings. The molecule has 1 aliphatic rings. The van der Waals surface area contributed by atoms with E-state index in [1.54, 1.807) is 0 Å². The Labute approximate surface area is 225 Å². The second-order valence-corrected chi connectivity index (χ2v) is 11.4. The number of imide groups is 1. The van der Waals surface area contributed by atoms with Crippen LogP contribution in [0.3, 0.4) is 0 Å². The molecule has 1 saturated heterocycles. The maximum Gasteiger partial charge on any atom is 0.415 e. The van der Waals surface area contributed by atoms with Gasteiger partial charge in [-0.1, -0.05) is 38.3 Å². The van der Waals surface area contributed by atoms with Gasteiger partial charge in [0.05, 0.1) is 4.90 Å². The highest BCUT2D eigenvalue weighted by atomic mass is 32.2. The van der Waals surface area contributed by atoms with E-state index in [0.29, 0.717) is 44.6 Å². The Balaban J connectivity index is 1.53. The maximum atomic E-state index is 13.2. The largest absolute Gasteiger partial charge is 0.465 e. The molecule has 208 valence electrons. The van der Waals surface area contributed by atoms with Gasteiger partial charge < -0.3 is 21.5 Å². The average molecular weight is 546 g/mol. The number of nitrogens with zero attached hydrogens (tertiary/aromatic N) is 2. The third-order valence-electron chi connectivity index (χ3n) is 6.67. The first kappa shape index (κ1) is 29.4. The van der Waals surface area contributed by atoms with Crippen molar-refractivity contribution in [3.63, 3.8) is 0 Å². The lowest BCUT2D eigenvalue weighted by Crippen LogP contribution is -2.42. The third kappa shape index (κ3) is 8.17. The summed E-state index contributed by atoms with van der Waals surface area (Å²) in [6.45, 7) is 3.57. The molecule has 10 nitrogen and oxygen atoms in total. The minimum atomic E-state index is -3.69. The minimum absolute atomic E-state index is 0.109. The number of anilines is 2. The molecule has 0 bridgehead atoms. The van der Waals surface area contributed by atoms with Gasteiger partial charge in [0.15, 0.2) is 0 Å². The number of nitrogens with one attached hydrogen (secondary N) is 2. The highest BCUT2D eigenvalue weighted by molar-refractivity contribution is 7.89. The zero-order valence-electron chi connectivity index (χ0n) is 21.9. The normalized spacial score (nSPS) is 14.7. The van der Waals surface area contributed by atoms with E-state index in [4.69, 9.17) is 5.73 Å². The first-order valence-electron chi connectivity index (χ1n) is 13.2. The van der Waals surface area contributed by atoms with Crippen molar-refractivity contribution < 1.29 is 23.1 Å². The second kappa shape index (κ2) is 14.1. The van der Waals surface area contributed by atoms with Gasteiger partial charge in [0.2, 0.25) is 10.0 Å². The third-order valence-corrected chi connectivity index (χ3v) is 8.58. The number of carbonyl (C=O) groups is 2. The van der Waals surface area contributed by atoms with Crippen molar-refractivity contribution in [2.75, 3.05) is 36.8 Å². The van der Waals surface area contributed by atoms with Crippen LogP contribution in [0.2, 0.25) is 0 Å². The highest BCUT2D eigenvalue weighted by Crippen LogP contribution is 2.24. The minimum Gasteiger partial charge on any atom is -0.465 e. The van der Waals surface area contributed by atoms with E-state index >= 15 is 0 Å². The number of amides is 3. The Hall–Kier alpha value is -3.15. The number of sulfonamides is 1. The fourth-order valence-corrected chi connectivity index (χ4v) is 5.91. The molecule has 2 aromatic carbocycles. The van der Waals surface area contributed by atoms with Crippen LogP contribution >= 0.6 is 0 Å². The predicted molar refractivity (Wildman–Crippen MR) is 149 cm³/mol. The van der Waals surface area contributed by atoms with E-state index in [1.165, 1.54) is 34.1 Å². The lowest BCUT2D eigenvalue weighted by atomic mass is 10.1. The molecule has 0 radical (unpaired) electrons. The van der Waals surface area contributed by atoms with Crippen LogP contribution in [0, 0.1) is 0 Å². The van der Waals surface area contributed by atoms with Crippen molar-refractivity contribution in [3.8, 4) is 0 Å². The molecule has 0 saturated carbocycles. The van der Waals surface area contributed by atoms with Gasteiger partial charge in [0.25, 0.3) is 0 Å². The van der Waals surface area contributed by atoms with Crippen molar-refractivity contribution in [1.29, 1.82) is 0 Å². The van der Waals surface area contributed by atoms with Crippen LogP contribution in [0.5, 0.6) is 0 Å². The summed E-state index contributed by atoms with van der Waals surface area (Å²) in [5, 5.41) is 15.4. The SMILES string of the molecule is CCCCCCN(C(=O)O)C(=O)Nc1ccc(S(=O)(=O)N2CCC(Nc3ccc(CCN)cc3)CC2)cc1. The zero-order chi connectivity index (χ0) is 27.5. The molecular formula is C27H39N5O5S. The number of nitrogens with two attached hydrogens (primary N) is 1. The molecule has 0 aliphatic carbocycles. The summed E-state index contributed by atoms with van der Waals surface area (Å²) in [4.78, 5) is 24.8. The number of hydrogen-bond donors (Lipinski definition) is 4. The zero-order valence-corrected chi connectivity index (χ0v) is 22.8. The van der Waals surface area contributed by atoms with E-state index in [2.05, 4.69) is 17.6 Å². The second-order valence-electron chi connectivity index (χ2n) is 9.51. The molecule has 0 unspecified atom stereocenters. The number of benzene rings is 2. The molecule has 0 spiro atoms. The molecule has 0 atom stereocenters. The summed E-state index contributed by atoms with van der Waals surface area (Å²) in [5.74, 6) is 0. The topological polar surface area (TPSA) is 145 Å². The van der Waals surface area contributed by atoms with E-state index in [9.17, 15) is 23.1 Å². The molecular weight excluding hydrogens is 506 g/mol. The van der Waals surface area contributed by atoms with Crippen molar-refractivity contribution in [3.05, 3.63) is 54.1 Å². The first-order chi connectivity index (χ1) is 18.2. The van der Waals surface area contributed by atoms with Crippen LogP contribution in [-0.2, 0) is 16.4 Å². The quantitative estimate of drug-likeness (QED) is 0.286. The Morgan fingerprint density at radius 1 is 1.00 bits per heavy atom. The summed E-state index contributed by atoms with van der Waals surface area (Å²) >= 11 is 0. The van der Waals surface area contributed by atoms with Gasteiger partial charge in [-0.25, -0.2) is 22.9 Å². The van der Waals surface area contributed by atoms with Crippen LogP contribution in [0.15, 0.2) is 53.4 Å². The number of rotatable bonds is 12. The average Bonchev–Trinajstić information content (AvgIpc) is 2.90. The first-order valence-corrected chi connectivity index (χ1v) is 14.7. The van der Waals surface area contributed by atoms with Crippen LogP contribution in [-0.4, -0.2) is 67.1 Å². The Morgan fingerprint density at radius 2 is 1.63 bits per heavy atom. The Bertz CT molecular complexity index is 1150. The number of carbonyl (C=O) groups excluding carboxylic acids is 1. The summed E-state index contributed by atoms with van der Waals surface area (Å²) in [7, 11) is -3.69. The van der Waals surface area contributed by atoms with Gasteiger partial charge in [-0.3, -0.25) is 0 Å². The van der Waals surface area contributed by atoms with E-state index in [0.717, 1.165) is 36.3 Å². The van der Waals surface area contributed by atoms with Crippen molar-refractivity contribution >= 4 is 33.5 Å².